The van der Waals surface area contributed by atoms with Crippen LogP contribution < -0.4 is 10.1 Å². The molecule has 1 spiro atoms. The lowest BCUT2D eigenvalue weighted by Crippen LogP contribution is -2.51. The number of amides is 3. The number of ether oxygens (including phenoxy) is 1. The first kappa shape index (κ1) is 21.2. The summed E-state index contributed by atoms with van der Waals surface area (Å²) in [5.74, 6) is -0.613. The molecule has 1 fully saturated rings. The molecule has 0 aromatic heterocycles. The molecule has 1 unspecified atom stereocenters. The number of urea groups is 1. The summed E-state index contributed by atoms with van der Waals surface area (Å²) in [7, 11) is 1.63. The van der Waals surface area contributed by atoms with Crippen LogP contribution in [0, 0.1) is 0 Å². The number of alkyl halides is 3. The van der Waals surface area contributed by atoms with Gasteiger partial charge < -0.3 is 10.1 Å². The van der Waals surface area contributed by atoms with Crippen LogP contribution in [0.4, 0.5) is 18.0 Å². The predicted molar refractivity (Wildman–Crippen MR) is 106 cm³/mol. The molecule has 3 amide bonds. The Morgan fingerprint density at radius 3 is 2.52 bits per heavy atom. The number of fused-ring (bicyclic) bond motifs is 1. The molecule has 1 aliphatic heterocycles. The Balaban J connectivity index is 1.46. The van der Waals surface area contributed by atoms with Crippen molar-refractivity contribution in [3.8, 4) is 5.75 Å². The van der Waals surface area contributed by atoms with Gasteiger partial charge in [-0.2, -0.15) is 0 Å². The van der Waals surface area contributed by atoms with Crippen molar-refractivity contribution in [2.24, 2.45) is 0 Å². The zero-order valence-corrected chi connectivity index (χ0v) is 16.9. The second-order valence-electron chi connectivity index (χ2n) is 8.00. The van der Waals surface area contributed by atoms with Crippen molar-refractivity contribution in [2.45, 2.75) is 37.7 Å². The van der Waals surface area contributed by atoms with Gasteiger partial charge in [-0.3, -0.25) is 9.69 Å². The minimum absolute atomic E-state index is 0.0472. The number of carbonyl (C=O) groups is 2. The summed E-state index contributed by atoms with van der Waals surface area (Å²) < 4.78 is 42.0. The number of para-hydroxylation sites is 1. The van der Waals surface area contributed by atoms with Gasteiger partial charge in [-0.25, -0.2) is 9.69 Å². The Bertz CT molecular complexity index is 1010. The van der Waals surface area contributed by atoms with Gasteiger partial charge in [0.25, 0.3) is 5.91 Å². The van der Waals surface area contributed by atoms with Gasteiger partial charge >= 0.3 is 12.4 Å². The minimum atomic E-state index is -4.80. The molecule has 4 rings (SSSR count). The van der Waals surface area contributed by atoms with E-state index in [0.29, 0.717) is 24.8 Å². The molecular weight excluding hydrogens is 411 g/mol. The predicted octanol–water partition coefficient (Wildman–Crippen LogP) is 3.45. The van der Waals surface area contributed by atoms with Crippen LogP contribution in [0.2, 0.25) is 0 Å². The average Bonchev–Trinajstić information content (AvgIpc) is 2.92. The van der Waals surface area contributed by atoms with Crippen LogP contribution in [0.15, 0.2) is 48.5 Å². The maximum absolute atomic E-state index is 13.2. The number of benzene rings is 2. The largest absolute Gasteiger partial charge is 0.573 e. The van der Waals surface area contributed by atoms with E-state index in [1.807, 2.05) is 24.3 Å². The Morgan fingerprint density at radius 1 is 1.10 bits per heavy atom. The van der Waals surface area contributed by atoms with Gasteiger partial charge in [0, 0.05) is 18.5 Å². The number of imide groups is 1. The van der Waals surface area contributed by atoms with Gasteiger partial charge in [-0.05, 0) is 37.1 Å². The molecule has 0 radical (unpaired) electrons. The number of hydrogen-bond donors (Lipinski definition) is 1. The van der Waals surface area contributed by atoms with Gasteiger partial charge in [-0.1, -0.05) is 42.5 Å². The van der Waals surface area contributed by atoms with E-state index in [2.05, 4.69) is 10.1 Å². The Kier molecular flexibility index (Phi) is 5.38. The quantitative estimate of drug-likeness (QED) is 0.734. The molecular formula is C22H22F3N3O3. The fraction of sp³-hybridized carbons (Fsp3) is 0.364. The third-order valence-corrected chi connectivity index (χ3v) is 5.70. The van der Waals surface area contributed by atoms with Crippen LogP contribution in [-0.2, 0) is 24.2 Å². The van der Waals surface area contributed by atoms with Crippen molar-refractivity contribution in [2.75, 3.05) is 13.7 Å². The summed E-state index contributed by atoms with van der Waals surface area (Å²) in [6, 6.07) is 13.2. The van der Waals surface area contributed by atoms with Crippen LogP contribution in [0.25, 0.3) is 0 Å². The molecule has 9 heteroatoms. The average molecular weight is 433 g/mol. The highest BCUT2D eigenvalue weighted by atomic mass is 19.4. The number of carbonyl (C=O) groups excluding carboxylic acids is 2. The lowest BCUT2D eigenvalue weighted by atomic mass is 9.78. The number of aryl methyl sites for hydroxylation is 1. The lowest BCUT2D eigenvalue weighted by molar-refractivity contribution is -0.275. The van der Waals surface area contributed by atoms with Crippen molar-refractivity contribution >= 4 is 11.9 Å². The first-order valence-electron chi connectivity index (χ1n) is 9.90. The zero-order valence-electron chi connectivity index (χ0n) is 16.9. The summed E-state index contributed by atoms with van der Waals surface area (Å²) >= 11 is 0. The highest BCUT2D eigenvalue weighted by molar-refractivity contribution is 6.07. The van der Waals surface area contributed by atoms with Crippen LogP contribution in [0.3, 0.4) is 0 Å². The first-order chi connectivity index (χ1) is 14.7. The molecule has 1 aliphatic carbocycles. The van der Waals surface area contributed by atoms with Gasteiger partial charge in [-0.15, -0.1) is 13.2 Å². The van der Waals surface area contributed by atoms with Crippen LogP contribution in [0.5, 0.6) is 5.75 Å². The van der Waals surface area contributed by atoms with Crippen molar-refractivity contribution in [3.05, 3.63) is 65.2 Å². The summed E-state index contributed by atoms with van der Waals surface area (Å²) in [5, 5.41) is 2.86. The number of hydrogen-bond acceptors (Lipinski definition) is 4. The summed E-state index contributed by atoms with van der Waals surface area (Å²) in [6.45, 7) is 0.0214. The Morgan fingerprint density at radius 2 is 1.77 bits per heavy atom. The van der Waals surface area contributed by atoms with E-state index in [0.717, 1.165) is 10.5 Å². The van der Waals surface area contributed by atoms with Crippen molar-refractivity contribution in [1.29, 1.82) is 0 Å². The van der Waals surface area contributed by atoms with Crippen molar-refractivity contribution in [1.82, 2.24) is 15.1 Å². The van der Waals surface area contributed by atoms with Crippen molar-refractivity contribution < 1.29 is 27.5 Å². The molecule has 2 aromatic rings. The molecule has 1 atom stereocenters. The van der Waals surface area contributed by atoms with Crippen LogP contribution >= 0.6 is 0 Å². The lowest BCUT2D eigenvalue weighted by Gasteiger charge is -2.32. The molecule has 1 heterocycles. The van der Waals surface area contributed by atoms with E-state index in [-0.39, 0.29) is 24.9 Å². The smallest absolute Gasteiger partial charge is 0.405 e. The summed E-state index contributed by atoms with van der Waals surface area (Å²) in [5.41, 5.74) is 1.54. The molecule has 1 saturated heterocycles. The molecule has 31 heavy (non-hydrogen) atoms. The number of nitrogens with zero attached hydrogens (tertiary/aromatic N) is 2. The van der Waals surface area contributed by atoms with E-state index in [1.54, 1.807) is 18.0 Å². The van der Waals surface area contributed by atoms with Gasteiger partial charge in [0.05, 0.1) is 6.67 Å². The molecule has 6 nitrogen and oxygen atoms in total. The van der Waals surface area contributed by atoms with E-state index in [1.165, 1.54) is 23.8 Å². The van der Waals surface area contributed by atoms with Gasteiger partial charge in [0.15, 0.2) is 0 Å². The fourth-order valence-electron chi connectivity index (χ4n) is 4.27. The number of rotatable bonds is 5. The molecule has 0 saturated carbocycles. The van der Waals surface area contributed by atoms with E-state index >= 15 is 0 Å². The Labute approximate surface area is 177 Å². The molecule has 1 N–H and O–H groups in total. The molecule has 2 aliphatic rings. The third kappa shape index (κ3) is 4.36. The third-order valence-electron chi connectivity index (χ3n) is 5.70. The number of nitrogens with one attached hydrogen (secondary N) is 1. The Hall–Kier alpha value is -3.07. The molecule has 2 aromatic carbocycles. The highest BCUT2D eigenvalue weighted by Gasteiger charge is 2.52. The van der Waals surface area contributed by atoms with Gasteiger partial charge in [0.2, 0.25) is 0 Å². The standard InChI is InChI=1S/C22H22F3N3O3/c1-27(13-17-8-4-5-9-18(17)31-22(23,24)25)14-28-19(29)21(26-20(28)30)11-10-15-6-2-3-7-16(15)12-21/h2-9H,10-14H2,1H3,(H,26,30). The highest BCUT2D eigenvalue weighted by Crippen LogP contribution is 2.34. The summed E-state index contributed by atoms with van der Waals surface area (Å²) in [6.07, 6.45) is -3.18. The first-order valence-corrected chi connectivity index (χ1v) is 9.90. The topological polar surface area (TPSA) is 61.9 Å². The van der Waals surface area contributed by atoms with Crippen LogP contribution in [-0.4, -0.2) is 47.4 Å². The molecule has 164 valence electrons. The molecule has 0 bridgehead atoms. The summed E-state index contributed by atoms with van der Waals surface area (Å²) in [4.78, 5) is 28.5. The van der Waals surface area contributed by atoms with Gasteiger partial charge in [0.1, 0.15) is 11.3 Å². The second-order valence-corrected chi connectivity index (χ2v) is 8.00. The van der Waals surface area contributed by atoms with Crippen LogP contribution in [0.1, 0.15) is 23.1 Å². The second kappa shape index (κ2) is 7.88. The SMILES string of the molecule is CN(Cc1ccccc1OC(F)(F)F)CN1C(=O)NC2(CCc3ccccc3C2)C1=O. The van der Waals surface area contributed by atoms with E-state index in [4.69, 9.17) is 0 Å². The zero-order chi connectivity index (χ0) is 22.2. The van der Waals surface area contributed by atoms with E-state index < -0.39 is 17.9 Å². The maximum atomic E-state index is 13.2. The minimum Gasteiger partial charge on any atom is -0.405 e. The maximum Gasteiger partial charge on any atom is 0.573 e. The number of halogens is 3. The van der Waals surface area contributed by atoms with E-state index in [9.17, 15) is 22.8 Å². The normalized spacial score (nSPS) is 20.9. The fourth-order valence-corrected chi connectivity index (χ4v) is 4.27. The monoisotopic (exact) mass is 433 g/mol. The van der Waals surface area contributed by atoms with Crippen molar-refractivity contribution in [3.63, 3.8) is 0 Å².